The van der Waals surface area contributed by atoms with Gasteiger partial charge in [-0.25, -0.2) is 4.98 Å². The summed E-state index contributed by atoms with van der Waals surface area (Å²) in [6, 6.07) is 7.27. The van der Waals surface area contributed by atoms with Gasteiger partial charge in [0.2, 0.25) is 11.8 Å². The SMILES string of the molecule is CCC(=O)Nc1ccc2oc(-c3cncc(Br)c3)nc2c1. The number of pyridine rings is 1. The molecule has 0 atom stereocenters. The van der Waals surface area contributed by atoms with Crippen LogP contribution in [0.15, 0.2) is 45.5 Å². The van der Waals surface area contributed by atoms with E-state index >= 15 is 0 Å². The molecule has 6 heteroatoms. The zero-order valence-electron chi connectivity index (χ0n) is 11.3. The summed E-state index contributed by atoms with van der Waals surface area (Å²) in [4.78, 5) is 19.9. The summed E-state index contributed by atoms with van der Waals surface area (Å²) in [5.41, 5.74) is 2.86. The smallest absolute Gasteiger partial charge is 0.228 e. The molecule has 21 heavy (non-hydrogen) atoms. The van der Waals surface area contributed by atoms with E-state index in [9.17, 15) is 4.79 Å². The van der Waals surface area contributed by atoms with Crippen molar-refractivity contribution in [3.05, 3.63) is 41.1 Å². The van der Waals surface area contributed by atoms with Crippen LogP contribution < -0.4 is 5.32 Å². The van der Waals surface area contributed by atoms with Crippen molar-refractivity contribution < 1.29 is 9.21 Å². The van der Waals surface area contributed by atoms with Gasteiger partial charge in [0.25, 0.3) is 0 Å². The summed E-state index contributed by atoms with van der Waals surface area (Å²) in [6.07, 6.45) is 3.82. The molecule has 2 heterocycles. The summed E-state index contributed by atoms with van der Waals surface area (Å²) in [7, 11) is 0. The van der Waals surface area contributed by atoms with E-state index in [2.05, 4.69) is 31.2 Å². The number of carbonyl (C=O) groups excluding carboxylic acids is 1. The molecule has 106 valence electrons. The van der Waals surface area contributed by atoms with E-state index < -0.39 is 0 Å². The molecule has 5 nitrogen and oxygen atoms in total. The average Bonchev–Trinajstić information content (AvgIpc) is 2.90. The van der Waals surface area contributed by atoms with E-state index in [0.717, 1.165) is 10.0 Å². The lowest BCUT2D eigenvalue weighted by molar-refractivity contribution is -0.115. The highest BCUT2D eigenvalue weighted by Gasteiger charge is 2.10. The van der Waals surface area contributed by atoms with Crippen LogP contribution in [0.1, 0.15) is 13.3 Å². The average molecular weight is 346 g/mol. The quantitative estimate of drug-likeness (QED) is 0.778. The number of aromatic nitrogens is 2. The maximum atomic E-state index is 11.4. The number of hydrogen-bond acceptors (Lipinski definition) is 4. The second kappa shape index (κ2) is 5.65. The van der Waals surface area contributed by atoms with Gasteiger partial charge in [0, 0.05) is 29.0 Å². The van der Waals surface area contributed by atoms with Crippen molar-refractivity contribution in [1.82, 2.24) is 9.97 Å². The number of oxazole rings is 1. The first-order chi connectivity index (χ1) is 10.2. The third-order valence-corrected chi connectivity index (χ3v) is 3.38. The second-order valence-corrected chi connectivity index (χ2v) is 5.41. The fourth-order valence-electron chi connectivity index (χ4n) is 1.91. The van der Waals surface area contributed by atoms with Crippen molar-refractivity contribution in [2.45, 2.75) is 13.3 Å². The summed E-state index contributed by atoms with van der Waals surface area (Å²) < 4.78 is 6.57. The maximum Gasteiger partial charge on any atom is 0.228 e. The van der Waals surface area contributed by atoms with E-state index in [1.54, 1.807) is 30.6 Å². The van der Waals surface area contributed by atoms with Crippen LogP contribution in [0.25, 0.3) is 22.6 Å². The van der Waals surface area contributed by atoms with Crippen LogP contribution in [0, 0.1) is 0 Å². The molecule has 1 N–H and O–H groups in total. The van der Waals surface area contributed by atoms with Crippen LogP contribution in [0.5, 0.6) is 0 Å². The number of halogens is 1. The van der Waals surface area contributed by atoms with Gasteiger partial charge in [0.1, 0.15) is 5.52 Å². The van der Waals surface area contributed by atoms with E-state index in [4.69, 9.17) is 4.42 Å². The number of benzene rings is 1. The molecule has 2 aromatic heterocycles. The van der Waals surface area contributed by atoms with Crippen molar-refractivity contribution in [3.8, 4) is 11.5 Å². The molecular formula is C15H12BrN3O2. The number of fused-ring (bicyclic) bond motifs is 1. The Labute approximate surface area is 129 Å². The van der Waals surface area contributed by atoms with E-state index in [1.807, 2.05) is 13.0 Å². The minimum Gasteiger partial charge on any atom is -0.436 e. The summed E-state index contributed by atoms with van der Waals surface area (Å²) >= 11 is 3.37. The Balaban J connectivity index is 1.98. The Morgan fingerprint density at radius 3 is 2.95 bits per heavy atom. The Morgan fingerprint density at radius 2 is 2.19 bits per heavy atom. The van der Waals surface area contributed by atoms with Gasteiger partial charge in [-0.1, -0.05) is 6.92 Å². The fraction of sp³-hybridized carbons (Fsp3) is 0.133. The highest BCUT2D eigenvalue weighted by molar-refractivity contribution is 9.10. The van der Waals surface area contributed by atoms with Crippen LogP contribution in [-0.2, 0) is 4.79 Å². The third-order valence-electron chi connectivity index (χ3n) is 2.94. The normalized spacial score (nSPS) is 10.8. The van der Waals surface area contributed by atoms with Gasteiger partial charge in [-0.2, -0.15) is 0 Å². The van der Waals surface area contributed by atoms with Crippen LogP contribution in [-0.4, -0.2) is 15.9 Å². The summed E-state index contributed by atoms with van der Waals surface area (Å²) in [5.74, 6) is 0.465. The number of amides is 1. The molecule has 1 amide bonds. The molecule has 0 fully saturated rings. The minimum absolute atomic E-state index is 0.0331. The standard InChI is InChI=1S/C15H12BrN3O2/c1-2-14(20)18-11-3-4-13-12(6-11)19-15(21-13)9-5-10(16)8-17-7-9/h3-8H,2H2,1H3,(H,18,20). The topological polar surface area (TPSA) is 68.0 Å². The van der Waals surface area contributed by atoms with Gasteiger partial charge >= 0.3 is 0 Å². The Hall–Kier alpha value is -2.21. The Bertz CT molecular complexity index is 814. The van der Waals surface area contributed by atoms with Gasteiger partial charge in [0.15, 0.2) is 5.58 Å². The molecule has 0 unspecified atom stereocenters. The molecule has 0 bridgehead atoms. The second-order valence-electron chi connectivity index (χ2n) is 4.50. The molecular weight excluding hydrogens is 334 g/mol. The molecule has 0 spiro atoms. The predicted octanol–water partition coefficient (Wildman–Crippen LogP) is 4.00. The van der Waals surface area contributed by atoms with Gasteiger partial charge in [-0.15, -0.1) is 0 Å². The van der Waals surface area contributed by atoms with E-state index in [1.165, 1.54) is 0 Å². The molecule has 0 aliphatic carbocycles. The number of nitrogens with zero attached hydrogens (tertiary/aromatic N) is 2. The van der Waals surface area contributed by atoms with Gasteiger partial charge in [0.05, 0.1) is 5.56 Å². The summed E-state index contributed by atoms with van der Waals surface area (Å²) in [6.45, 7) is 1.81. The highest BCUT2D eigenvalue weighted by atomic mass is 79.9. The fourth-order valence-corrected chi connectivity index (χ4v) is 2.27. The molecule has 3 aromatic rings. The van der Waals surface area contributed by atoms with Gasteiger partial charge in [-0.3, -0.25) is 9.78 Å². The van der Waals surface area contributed by atoms with Crippen molar-refractivity contribution in [2.24, 2.45) is 0 Å². The zero-order valence-corrected chi connectivity index (χ0v) is 12.8. The lowest BCUT2D eigenvalue weighted by atomic mass is 10.2. The van der Waals surface area contributed by atoms with Gasteiger partial charge in [-0.05, 0) is 40.2 Å². The van der Waals surface area contributed by atoms with Crippen molar-refractivity contribution in [2.75, 3.05) is 5.32 Å². The molecule has 3 rings (SSSR count). The number of nitrogens with one attached hydrogen (secondary N) is 1. The largest absolute Gasteiger partial charge is 0.436 e. The highest BCUT2D eigenvalue weighted by Crippen LogP contribution is 2.27. The number of rotatable bonds is 3. The molecule has 1 aromatic carbocycles. The van der Waals surface area contributed by atoms with Crippen LogP contribution >= 0.6 is 15.9 Å². The Morgan fingerprint density at radius 1 is 1.33 bits per heavy atom. The molecule has 0 saturated heterocycles. The third kappa shape index (κ3) is 2.95. The molecule has 0 radical (unpaired) electrons. The zero-order chi connectivity index (χ0) is 14.8. The number of hydrogen-bond donors (Lipinski definition) is 1. The number of carbonyl (C=O) groups is 1. The molecule has 0 aliphatic rings. The first-order valence-corrected chi connectivity index (χ1v) is 7.26. The van der Waals surface area contributed by atoms with E-state index in [0.29, 0.717) is 29.1 Å². The maximum absolute atomic E-state index is 11.4. The van der Waals surface area contributed by atoms with Crippen molar-refractivity contribution in [3.63, 3.8) is 0 Å². The first-order valence-electron chi connectivity index (χ1n) is 6.47. The van der Waals surface area contributed by atoms with Crippen molar-refractivity contribution in [1.29, 1.82) is 0 Å². The van der Waals surface area contributed by atoms with Crippen LogP contribution in [0.2, 0.25) is 0 Å². The van der Waals surface area contributed by atoms with Crippen molar-refractivity contribution >= 4 is 38.6 Å². The Kier molecular flexibility index (Phi) is 3.70. The molecule has 0 saturated carbocycles. The monoisotopic (exact) mass is 345 g/mol. The van der Waals surface area contributed by atoms with E-state index in [-0.39, 0.29) is 5.91 Å². The molecule has 0 aliphatic heterocycles. The lowest BCUT2D eigenvalue weighted by Crippen LogP contribution is -2.08. The minimum atomic E-state index is -0.0331. The first kappa shape index (κ1) is 13.8. The van der Waals surface area contributed by atoms with Crippen LogP contribution in [0.4, 0.5) is 5.69 Å². The van der Waals surface area contributed by atoms with Crippen LogP contribution in [0.3, 0.4) is 0 Å². The summed E-state index contributed by atoms with van der Waals surface area (Å²) in [5, 5.41) is 2.80. The lowest BCUT2D eigenvalue weighted by Gasteiger charge is -2.01. The number of anilines is 1. The predicted molar refractivity (Wildman–Crippen MR) is 83.9 cm³/mol. The van der Waals surface area contributed by atoms with Gasteiger partial charge < -0.3 is 9.73 Å².